The Morgan fingerprint density at radius 3 is 2.69 bits per heavy atom. The Bertz CT molecular complexity index is 758. The first-order chi connectivity index (χ1) is 12.6. The highest BCUT2D eigenvalue weighted by molar-refractivity contribution is 7.10. The molecule has 2 N–H and O–H groups in total. The molecule has 1 unspecified atom stereocenters. The molecule has 0 spiro atoms. The molecule has 2 amide bonds. The summed E-state index contributed by atoms with van der Waals surface area (Å²) in [5, 5.41) is 8.36. The van der Waals surface area contributed by atoms with Gasteiger partial charge in [0, 0.05) is 23.9 Å². The average Bonchev–Trinajstić information content (AvgIpc) is 3.27. The van der Waals surface area contributed by atoms with Gasteiger partial charge in [-0.2, -0.15) is 0 Å². The molecule has 2 aromatic rings. The van der Waals surface area contributed by atoms with E-state index in [1.807, 2.05) is 30.3 Å². The summed E-state index contributed by atoms with van der Waals surface area (Å²) >= 11 is 1.70. The molecule has 0 saturated carbocycles. The number of para-hydroxylation sites is 2. The van der Waals surface area contributed by atoms with E-state index in [9.17, 15) is 9.59 Å². The van der Waals surface area contributed by atoms with Crippen LogP contribution in [0.25, 0.3) is 0 Å². The maximum absolute atomic E-state index is 12.5. The van der Waals surface area contributed by atoms with Gasteiger partial charge in [-0.1, -0.05) is 32.0 Å². The van der Waals surface area contributed by atoms with Gasteiger partial charge in [-0.05, 0) is 35.9 Å². The van der Waals surface area contributed by atoms with Gasteiger partial charge < -0.3 is 15.5 Å². The van der Waals surface area contributed by atoms with Crippen molar-refractivity contribution in [2.45, 2.75) is 32.7 Å². The van der Waals surface area contributed by atoms with E-state index in [2.05, 4.69) is 35.9 Å². The first kappa shape index (κ1) is 18.6. The molecular weight excluding hydrogens is 346 g/mol. The van der Waals surface area contributed by atoms with E-state index < -0.39 is 0 Å². The fourth-order valence-electron chi connectivity index (χ4n) is 3.25. The summed E-state index contributed by atoms with van der Waals surface area (Å²) in [6.07, 6.45) is 1.43. The Kier molecular flexibility index (Phi) is 6.06. The lowest BCUT2D eigenvalue weighted by molar-refractivity contribution is -0.117. The third-order valence-electron chi connectivity index (χ3n) is 4.54. The van der Waals surface area contributed by atoms with E-state index in [1.165, 1.54) is 4.88 Å². The summed E-state index contributed by atoms with van der Waals surface area (Å²) in [6, 6.07) is 11.8. The maximum Gasteiger partial charge on any atom is 0.238 e. The number of carbonyl (C=O) groups excluding carboxylic acids is 2. The number of nitrogens with one attached hydrogen (secondary N) is 2. The Morgan fingerprint density at radius 2 is 2.04 bits per heavy atom. The Labute approximate surface area is 158 Å². The lowest BCUT2D eigenvalue weighted by Gasteiger charge is -2.22. The molecule has 1 atom stereocenters. The van der Waals surface area contributed by atoms with Gasteiger partial charge >= 0.3 is 0 Å². The molecule has 1 fully saturated rings. The van der Waals surface area contributed by atoms with Crippen LogP contribution in [0.15, 0.2) is 41.8 Å². The summed E-state index contributed by atoms with van der Waals surface area (Å²) in [5.41, 5.74) is 1.47. The predicted octanol–water partition coefficient (Wildman–Crippen LogP) is 3.80. The first-order valence-electron chi connectivity index (χ1n) is 9.02. The Balaban J connectivity index is 1.64. The van der Waals surface area contributed by atoms with E-state index in [0.717, 1.165) is 12.1 Å². The zero-order chi connectivity index (χ0) is 18.5. The van der Waals surface area contributed by atoms with E-state index in [4.69, 9.17) is 0 Å². The number of thiophene rings is 1. The maximum atomic E-state index is 12.5. The number of rotatable bonds is 7. The van der Waals surface area contributed by atoms with Crippen molar-refractivity contribution < 1.29 is 9.59 Å². The topological polar surface area (TPSA) is 61.4 Å². The van der Waals surface area contributed by atoms with Crippen molar-refractivity contribution in [1.29, 1.82) is 0 Å². The van der Waals surface area contributed by atoms with E-state index in [1.54, 1.807) is 16.2 Å². The van der Waals surface area contributed by atoms with Crippen molar-refractivity contribution in [2.75, 3.05) is 23.3 Å². The fraction of sp³-hybridized carbons (Fsp3) is 0.400. The lowest BCUT2D eigenvalue weighted by atomic mass is 10.0. The van der Waals surface area contributed by atoms with Gasteiger partial charge in [-0.3, -0.25) is 9.59 Å². The molecule has 1 aromatic carbocycles. The highest BCUT2D eigenvalue weighted by Gasteiger charge is 2.24. The molecule has 26 heavy (non-hydrogen) atoms. The molecule has 1 aliphatic rings. The SMILES string of the molecule is CC(C)C(NCC(=O)Nc1ccccc1N1CCCC1=O)c1cccs1. The quantitative estimate of drug-likeness (QED) is 0.778. The molecule has 1 aromatic heterocycles. The van der Waals surface area contributed by atoms with Crippen LogP contribution in [0.4, 0.5) is 11.4 Å². The predicted molar refractivity (Wildman–Crippen MR) is 107 cm³/mol. The highest BCUT2D eigenvalue weighted by atomic mass is 32.1. The number of hydrogen-bond donors (Lipinski definition) is 2. The van der Waals surface area contributed by atoms with Crippen molar-refractivity contribution in [2.24, 2.45) is 5.92 Å². The van der Waals surface area contributed by atoms with Crippen LogP contribution in [0.2, 0.25) is 0 Å². The van der Waals surface area contributed by atoms with Gasteiger partial charge in [-0.15, -0.1) is 11.3 Å². The molecular formula is C20H25N3O2S. The summed E-state index contributed by atoms with van der Waals surface area (Å²) in [6.45, 7) is 5.22. The molecule has 5 nitrogen and oxygen atoms in total. The minimum atomic E-state index is -0.105. The van der Waals surface area contributed by atoms with Gasteiger partial charge in [0.05, 0.1) is 17.9 Å². The monoisotopic (exact) mass is 371 g/mol. The van der Waals surface area contributed by atoms with Gasteiger partial charge in [0.15, 0.2) is 0 Å². The normalized spacial score (nSPS) is 15.5. The van der Waals surface area contributed by atoms with Crippen LogP contribution in [0, 0.1) is 5.92 Å². The smallest absolute Gasteiger partial charge is 0.238 e. The van der Waals surface area contributed by atoms with Crippen molar-refractivity contribution >= 4 is 34.5 Å². The van der Waals surface area contributed by atoms with Crippen molar-refractivity contribution in [1.82, 2.24) is 5.32 Å². The fourth-order valence-corrected chi connectivity index (χ4v) is 4.22. The molecule has 1 saturated heterocycles. The molecule has 138 valence electrons. The molecule has 2 heterocycles. The van der Waals surface area contributed by atoms with Crippen molar-refractivity contribution in [3.05, 3.63) is 46.7 Å². The van der Waals surface area contributed by atoms with Crippen LogP contribution < -0.4 is 15.5 Å². The van der Waals surface area contributed by atoms with Crippen LogP contribution in [0.3, 0.4) is 0 Å². The van der Waals surface area contributed by atoms with Gasteiger partial charge in [0.1, 0.15) is 0 Å². The molecule has 0 bridgehead atoms. The molecule has 6 heteroatoms. The molecule has 0 radical (unpaired) electrons. The number of nitrogens with zero attached hydrogens (tertiary/aromatic N) is 1. The molecule has 3 rings (SSSR count). The van der Waals surface area contributed by atoms with Crippen LogP contribution >= 0.6 is 11.3 Å². The van der Waals surface area contributed by atoms with Crippen molar-refractivity contribution in [3.8, 4) is 0 Å². The van der Waals surface area contributed by atoms with Crippen LogP contribution in [0.5, 0.6) is 0 Å². The highest BCUT2D eigenvalue weighted by Crippen LogP contribution is 2.29. The number of benzene rings is 1. The number of amides is 2. The van der Waals surface area contributed by atoms with Crippen LogP contribution in [-0.2, 0) is 9.59 Å². The van der Waals surface area contributed by atoms with E-state index >= 15 is 0 Å². The summed E-state index contributed by atoms with van der Waals surface area (Å²) in [7, 11) is 0. The summed E-state index contributed by atoms with van der Waals surface area (Å²) < 4.78 is 0. The third kappa shape index (κ3) is 4.31. The van der Waals surface area contributed by atoms with Crippen LogP contribution in [-0.4, -0.2) is 24.9 Å². The van der Waals surface area contributed by atoms with E-state index in [0.29, 0.717) is 24.6 Å². The number of anilines is 2. The average molecular weight is 372 g/mol. The van der Waals surface area contributed by atoms with Gasteiger partial charge in [0.2, 0.25) is 11.8 Å². The Hall–Kier alpha value is -2.18. The van der Waals surface area contributed by atoms with E-state index in [-0.39, 0.29) is 24.4 Å². The van der Waals surface area contributed by atoms with Crippen molar-refractivity contribution in [3.63, 3.8) is 0 Å². The summed E-state index contributed by atoms with van der Waals surface area (Å²) in [5.74, 6) is 0.393. The Morgan fingerprint density at radius 1 is 1.23 bits per heavy atom. The standard InChI is InChI=1S/C20H25N3O2S/c1-14(2)20(17-9-6-12-26-17)21-13-18(24)22-15-7-3-4-8-16(15)23-11-5-10-19(23)25/h3-4,6-9,12,14,20-21H,5,10-11,13H2,1-2H3,(H,22,24). The second-order valence-corrected chi connectivity index (χ2v) is 7.81. The zero-order valence-electron chi connectivity index (χ0n) is 15.2. The number of carbonyl (C=O) groups is 2. The second-order valence-electron chi connectivity index (χ2n) is 6.83. The minimum Gasteiger partial charge on any atom is -0.323 e. The summed E-state index contributed by atoms with van der Waals surface area (Å²) in [4.78, 5) is 27.5. The van der Waals surface area contributed by atoms with Gasteiger partial charge in [-0.25, -0.2) is 0 Å². The third-order valence-corrected chi connectivity index (χ3v) is 5.50. The van der Waals surface area contributed by atoms with Gasteiger partial charge in [0.25, 0.3) is 0 Å². The van der Waals surface area contributed by atoms with Crippen LogP contribution in [0.1, 0.15) is 37.6 Å². The minimum absolute atomic E-state index is 0.105. The molecule has 1 aliphatic heterocycles. The number of hydrogen-bond acceptors (Lipinski definition) is 4. The molecule has 0 aliphatic carbocycles. The second kappa shape index (κ2) is 8.47. The largest absolute Gasteiger partial charge is 0.323 e. The lowest BCUT2D eigenvalue weighted by Crippen LogP contribution is -2.34. The first-order valence-corrected chi connectivity index (χ1v) is 9.90. The zero-order valence-corrected chi connectivity index (χ0v) is 16.0.